The molecular weight excluding hydrogens is 348 g/mol. The van der Waals surface area contributed by atoms with E-state index in [-0.39, 0.29) is 6.04 Å². The molecule has 1 saturated heterocycles. The molecule has 5 nitrogen and oxygen atoms in total. The minimum absolute atomic E-state index is 0.165. The van der Waals surface area contributed by atoms with Crippen LogP contribution >= 0.6 is 11.3 Å². The highest BCUT2D eigenvalue weighted by molar-refractivity contribution is 7.18. The molecule has 1 aromatic heterocycles. The Morgan fingerprint density at radius 3 is 2.73 bits per heavy atom. The molecule has 2 atom stereocenters. The van der Waals surface area contributed by atoms with Crippen LogP contribution in [-0.4, -0.2) is 40.7 Å². The van der Waals surface area contributed by atoms with Crippen LogP contribution in [0, 0.1) is 0 Å². The van der Waals surface area contributed by atoms with Crippen molar-refractivity contribution in [3.63, 3.8) is 0 Å². The molecule has 2 aromatic carbocycles. The van der Waals surface area contributed by atoms with Crippen molar-refractivity contribution in [2.45, 2.75) is 24.9 Å². The van der Waals surface area contributed by atoms with Crippen LogP contribution in [0.15, 0.2) is 48.5 Å². The van der Waals surface area contributed by atoms with Crippen molar-refractivity contribution < 1.29 is 14.6 Å². The smallest absolute Gasteiger partial charge is 0.320 e. The lowest BCUT2D eigenvalue weighted by Gasteiger charge is -2.30. The number of rotatable bonds is 5. The van der Waals surface area contributed by atoms with Crippen LogP contribution in [0.4, 0.5) is 0 Å². The number of fused-ring (bicyclic) bond motifs is 1. The monoisotopic (exact) mass is 368 g/mol. The number of carboxylic acid groups (broad SMARTS) is 1. The molecule has 2 heterocycles. The van der Waals surface area contributed by atoms with Crippen LogP contribution in [-0.2, 0) is 4.79 Å². The van der Waals surface area contributed by atoms with Crippen molar-refractivity contribution in [1.29, 1.82) is 0 Å². The van der Waals surface area contributed by atoms with E-state index in [0.29, 0.717) is 6.42 Å². The van der Waals surface area contributed by atoms with Crippen LogP contribution in [0.1, 0.15) is 29.5 Å². The summed E-state index contributed by atoms with van der Waals surface area (Å²) in [5, 5.41) is 10.6. The van der Waals surface area contributed by atoms with Crippen LogP contribution in [0.25, 0.3) is 10.2 Å². The van der Waals surface area contributed by atoms with Gasteiger partial charge in [0, 0.05) is 6.54 Å². The molecule has 6 heteroatoms. The van der Waals surface area contributed by atoms with Crippen LogP contribution in [0.2, 0.25) is 0 Å². The second-order valence-corrected chi connectivity index (χ2v) is 7.49. The Hall–Kier alpha value is -2.44. The first kappa shape index (κ1) is 17.0. The highest BCUT2D eigenvalue weighted by atomic mass is 32.1. The summed E-state index contributed by atoms with van der Waals surface area (Å²) in [5.41, 5.74) is 2.00. The van der Waals surface area contributed by atoms with Crippen molar-refractivity contribution in [3.8, 4) is 5.75 Å². The number of ether oxygens (including phenoxy) is 1. The second-order valence-electron chi connectivity index (χ2n) is 6.43. The number of hydrogen-bond donors (Lipinski definition) is 1. The fraction of sp³-hybridized carbons (Fsp3) is 0.300. The molecule has 1 aliphatic heterocycles. The minimum Gasteiger partial charge on any atom is -0.497 e. The molecular formula is C20H20N2O3S. The zero-order valence-corrected chi connectivity index (χ0v) is 15.3. The summed E-state index contributed by atoms with van der Waals surface area (Å²) in [6.45, 7) is 0.754. The zero-order chi connectivity index (χ0) is 18.1. The molecule has 0 spiro atoms. The summed E-state index contributed by atoms with van der Waals surface area (Å²) < 4.78 is 6.38. The Labute approximate surface area is 155 Å². The Morgan fingerprint density at radius 1 is 1.27 bits per heavy atom. The predicted octanol–water partition coefficient (Wildman–Crippen LogP) is 3.94. The third-order valence-corrected chi connectivity index (χ3v) is 5.98. The fourth-order valence-electron chi connectivity index (χ4n) is 3.63. The standard InChI is InChI=1S/C20H20N2O3S/c1-25-14-10-8-13(9-11-14)18(22-12-4-6-16(22)20(23)24)19-21-15-5-2-3-7-17(15)26-19/h2-3,5,7-11,16,18H,4,6,12H2,1H3,(H,23,24). The van der Waals surface area contributed by atoms with Gasteiger partial charge in [-0.15, -0.1) is 11.3 Å². The first-order chi connectivity index (χ1) is 12.7. The Morgan fingerprint density at radius 2 is 2.04 bits per heavy atom. The van der Waals surface area contributed by atoms with Gasteiger partial charge in [-0.2, -0.15) is 0 Å². The van der Waals surface area contributed by atoms with E-state index in [1.165, 1.54) is 0 Å². The molecule has 26 heavy (non-hydrogen) atoms. The van der Waals surface area contributed by atoms with Crippen LogP contribution < -0.4 is 4.74 Å². The lowest BCUT2D eigenvalue weighted by molar-refractivity contribution is -0.142. The largest absolute Gasteiger partial charge is 0.497 e. The number of aromatic nitrogens is 1. The molecule has 0 bridgehead atoms. The van der Waals surface area contributed by atoms with Gasteiger partial charge in [-0.05, 0) is 42.7 Å². The number of benzene rings is 2. The number of likely N-dealkylation sites (tertiary alicyclic amines) is 1. The predicted molar refractivity (Wildman–Crippen MR) is 102 cm³/mol. The topological polar surface area (TPSA) is 62.7 Å². The molecule has 4 rings (SSSR count). The quantitative estimate of drug-likeness (QED) is 0.739. The van der Waals surface area contributed by atoms with Gasteiger partial charge in [0.1, 0.15) is 16.8 Å². The van der Waals surface area contributed by atoms with Gasteiger partial charge >= 0.3 is 5.97 Å². The van der Waals surface area contributed by atoms with Crippen molar-refractivity contribution in [3.05, 3.63) is 59.1 Å². The average Bonchev–Trinajstić information content (AvgIpc) is 3.29. The zero-order valence-electron chi connectivity index (χ0n) is 14.5. The molecule has 0 saturated carbocycles. The summed E-state index contributed by atoms with van der Waals surface area (Å²) in [7, 11) is 1.64. The SMILES string of the molecule is COc1ccc(C(c2nc3ccccc3s2)N2CCCC2C(=O)O)cc1. The highest BCUT2D eigenvalue weighted by Gasteiger charge is 2.38. The number of carbonyl (C=O) groups is 1. The fourth-order valence-corrected chi connectivity index (χ4v) is 4.75. The van der Waals surface area contributed by atoms with Crippen molar-refractivity contribution in [2.75, 3.05) is 13.7 Å². The van der Waals surface area contributed by atoms with E-state index in [9.17, 15) is 9.90 Å². The van der Waals surface area contributed by atoms with Gasteiger partial charge in [-0.3, -0.25) is 9.69 Å². The van der Waals surface area contributed by atoms with E-state index in [4.69, 9.17) is 9.72 Å². The lowest BCUT2D eigenvalue weighted by Crippen LogP contribution is -2.39. The summed E-state index contributed by atoms with van der Waals surface area (Å²) in [5.74, 6) is 0.0233. The first-order valence-electron chi connectivity index (χ1n) is 8.65. The number of nitrogens with zero attached hydrogens (tertiary/aromatic N) is 2. The van der Waals surface area contributed by atoms with Gasteiger partial charge in [0.25, 0.3) is 0 Å². The first-order valence-corrected chi connectivity index (χ1v) is 9.47. The Balaban J connectivity index is 1.81. The summed E-state index contributed by atoms with van der Waals surface area (Å²) >= 11 is 1.63. The molecule has 2 unspecified atom stereocenters. The van der Waals surface area contributed by atoms with E-state index in [0.717, 1.165) is 39.5 Å². The van der Waals surface area contributed by atoms with E-state index in [1.54, 1.807) is 18.4 Å². The van der Waals surface area contributed by atoms with Gasteiger partial charge in [-0.25, -0.2) is 4.98 Å². The normalized spacial score (nSPS) is 18.9. The molecule has 0 aliphatic carbocycles. The molecule has 3 aromatic rings. The van der Waals surface area contributed by atoms with Gasteiger partial charge in [-0.1, -0.05) is 24.3 Å². The van der Waals surface area contributed by atoms with Crippen molar-refractivity contribution in [2.24, 2.45) is 0 Å². The average molecular weight is 368 g/mol. The van der Waals surface area contributed by atoms with E-state index in [2.05, 4.69) is 11.0 Å². The Bertz CT molecular complexity index is 889. The van der Waals surface area contributed by atoms with Crippen LogP contribution in [0.3, 0.4) is 0 Å². The molecule has 0 amide bonds. The summed E-state index contributed by atoms with van der Waals surface area (Å²) in [4.78, 5) is 18.7. The maximum absolute atomic E-state index is 11.8. The van der Waals surface area contributed by atoms with Crippen molar-refractivity contribution >= 4 is 27.5 Å². The maximum atomic E-state index is 11.8. The number of methoxy groups -OCH3 is 1. The van der Waals surface area contributed by atoms with Gasteiger partial charge in [0.15, 0.2) is 0 Å². The summed E-state index contributed by atoms with van der Waals surface area (Å²) in [6.07, 6.45) is 1.56. The second kappa shape index (κ2) is 7.05. The van der Waals surface area contributed by atoms with Gasteiger partial charge in [0.2, 0.25) is 0 Å². The molecule has 1 N–H and O–H groups in total. The third kappa shape index (κ3) is 3.06. The third-order valence-electron chi connectivity index (χ3n) is 4.89. The van der Waals surface area contributed by atoms with Gasteiger partial charge in [0.05, 0.1) is 23.4 Å². The van der Waals surface area contributed by atoms with Crippen LogP contribution in [0.5, 0.6) is 5.75 Å². The minimum atomic E-state index is -0.762. The number of carboxylic acids is 1. The van der Waals surface area contributed by atoms with Gasteiger partial charge < -0.3 is 9.84 Å². The molecule has 134 valence electrons. The highest BCUT2D eigenvalue weighted by Crippen LogP contribution is 2.38. The number of para-hydroxylation sites is 1. The van der Waals surface area contributed by atoms with E-state index in [1.807, 2.05) is 42.5 Å². The number of thiazole rings is 1. The van der Waals surface area contributed by atoms with E-state index >= 15 is 0 Å². The molecule has 1 fully saturated rings. The number of aliphatic carboxylic acids is 1. The maximum Gasteiger partial charge on any atom is 0.320 e. The number of hydrogen-bond acceptors (Lipinski definition) is 5. The lowest BCUT2D eigenvalue weighted by atomic mass is 10.0. The van der Waals surface area contributed by atoms with Crippen molar-refractivity contribution in [1.82, 2.24) is 9.88 Å². The molecule has 0 radical (unpaired) electrons. The Kier molecular flexibility index (Phi) is 4.61. The molecule has 1 aliphatic rings. The summed E-state index contributed by atoms with van der Waals surface area (Å²) in [6, 6.07) is 15.2. The van der Waals surface area contributed by atoms with E-state index < -0.39 is 12.0 Å².